The number of fused-ring (bicyclic) bond motifs is 2. The van der Waals surface area contributed by atoms with E-state index < -0.39 is 19.8 Å². The van der Waals surface area contributed by atoms with Crippen molar-refractivity contribution in [2.24, 2.45) is 0 Å². The van der Waals surface area contributed by atoms with Crippen LogP contribution in [0, 0.1) is 86.4 Å². The molecule has 0 fully saturated rings. The molecular formula is C95H118F7N7O2. The lowest BCUT2D eigenvalue weighted by Gasteiger charge is -2.34. The minimum atomic E-state index is -1.01. The van der Waals surface area contributed by atoms with Crippen molar-refractivity contribution in [2.45, 2.75) is 134 Å². The lowest BCUT2D eigenvalue weighted by molar-refractivity contribution is 0.125. The van der Waals surface area contributed by atoms with Gasteiger partial charge in [-0.3, -0.25) is 34.3 Å². The van der Waals surface area contributed by atoms with Crippen LogP contribution in [0.25, 0.3) is 0 Å². The van der Waals surface area contributed by atoms with Gasteiger partial charge >= 0.3 is 0 Å². The number of alkyl halides is 7. The maximum absolute atomic E-state index is 13.5. The fourth-order valence-electron chi connectivity index (χ4n) is 12.9. The molecule has 0 spiro atoms. The first kappa shape index (κ1) is 95.8. The number of benzene rings is 6. The molecule has 9 nitrogen and oxygen atoms in total. The third-order valence-corrected chi connectivity index (χ3v) is 19.1. The van der Waals surface area contributed by atoms with E-state index >= 15 is 0 Å². The zero-order chi connectivity index (χ0) is 81.2. The highest BCUT2D eigenvalue weighted by Gasteiger charge is 2.28. The molecule has 0 saturated heterocycles. The van der Waals surface area contributed by atoms with Gasteiger partial charge in [0.25, 0.3) is 0 Å². The summed E-state index contributed by atoms with van der Waals surface area (Å²) in [5.41, 5.74) is 10.1. The van der Waals surface area contributed by atoms with Crippen LogP contribution in [-0.4, -0.2) is 198 Å². The predicted octanol–water partition coefficient (Wildman–Crippen LogP) is 17.3. The van der Waals surface area contributed by atoms with Gasteiger partial charge in [0.1, 0.15) is 58.3 Å². The molecule has 0 radical (unpaired) electrons. The van der Waals surface area contributed by atoms with Crippen LogP contribution in [0.1, 0.15) is 109 Å². The molecule has 2 aliphatic carbocycles. The minimum absolute atomic E-state index is 0.112. The topological polar surface area (TPSA) is 45.1 Å². The molecule has 16 heteroatoms. The highest BCUT2D eigenvalue weighted by molar-refractivity contribution is 5.35. The average molecular weight is 1520 g/mol. The van der Waals surface area contributed by atoms with Crippen LogP contribution in [0.4, 0.5) is 30.7 Å². The van der Waals surface area contributed by atoms with E-state index in [0.29, 0.717) is 102 Å². The van der Waals surface area contributed by atoms with Gasteiger partial charge in [-0.1, -0.05) is 193 Å². The molecule has 9 rings (SSSR count). The van der Waals surface area contributed by atoms with Crippen molar-refractivity contribution in [3.8, 4) is 92.2 Å². The van der Waals surface area contributed by atoms with Crippen LogP contribution in [0.15, 0.2) is 187 Å². The summed E-state index contributed by atoms with van der Waals surface area (Å²) < 4.78 is 98.2. The Hall–Kier alpha value is -9.45. The van der Waals surface area contributed by atoms with E-state index in [0.717, 1.165) is 69.1 Å². The molecule has 0 N–H and O–H groups in total. The first-order chi connectivity index (χ1) is 54.0. The predicted molar refractivity (Wildman–Crippen MR) is 447 cm³/mol. The van der Waals surface area contributed by atoms with Crippen molar-refractivity contribution in [3.05, 3.63) is 232 Å². The van der Waals surface area contributed by atoms with Gasteiger partial charge in [-0.25, -0.2) is 30.7 Å². The molecule has 0 saturated carbocycles. The zero-order valence-corrected chi connectivity index (χ0v) is 66.3. The third kappa shape index (κ3) is 38.4. The molecule has 1 heterocycles. The summed E-state index contributed by atoms with van der Waals surface area (Å²) in [5.74, 6) is 19.5. The summed E-state index contributed by atoms with van der Waals surface area (Å²) in [4.78, 5) is 13.4. The number of aryl methyl sites for hydroxylation is 2. The summed E-state index contributed by atoms with van der Waals surface area (Å²) in [6, 6.07) is 59.8. The van der Waals surface area contributed by atoms with E-state index in [1.165, 1.54) is 43.8 Å². The van der Waals surface area contributed by atoms with Crippen molar-refractivity contribution < 1.29 is 39.9 Å². The second kappa shape index (κ2) is 59.4. The van der Waals surface area contributed by atoms with Crippen LogP contribution in [0.3, 0.4) is 0 Å². The van der Waals surface area contributed by atoms with Crippen molar-refractivity contribution in [3.63, 3.8) is 0 Å². The Morgan fingerprint density at radius 2 is 0.793 bits per heavy atom. The van der Waals surface area contributed by atoms with E-state index in [9.17, 15) is 30.7 Å². The molecule has 6 aromatic carbocycles. The molecule has 0 aliphatic heterocycles. The molecule has 594 valence electrons. The van der Waals surface area contributed by atoms with Crippen molar-refractivity contribution >= 4 is 0 Å². The fourth-order valence-corrected chi connectivity index (χ4v) is 12.9. The summed E-state index contributed by atoms with van der Waals surface area (Å²) in [5, 5.41) is 0. The first-order valence-corrected chi connectivity index (χ1v) is 38.1. The van der Waals surface area contributed by atoms with Gasteiger partial charge in [-0.2, -0.15) is 0 Å². The molecule has 0 amide bonds. The molecule has 2 aliphatic rings. The van der Waals surface area contributed by atoms with Gasteiger partial charge in [0, 0.05) is 75.3 Å². The van der Waals surface area contributed by atoms with Crippen LogP contribution in [0.2, 0.25) is 0 Å². The number of furan rings is 1. The Labute approximate surface area is 662 Å². The van der Waals surface area contributed by atoms with Gasteiger partial charge in [0.2, 0.25) is 0 Å². The summed E-state index contributed by atoms with van der Waals surface area (Å²) in [7, 11) is 3.71. The highest BCUT2D eigenvalue weighted by Crippen LogP contribution is 2.36. The largest absolute Gasteiger partial charge is 0.491 e. The molecular weight excluding hydrogens is 1400 g/mol. The van der Waals surface area contributed by atoms with Crippen LogP contribution in [0.5, 0.6) is 5.75 Å². The quantitative estimate of drug-likeness (QED) is 0.0217. The van der Waals surface area contributed by atoms with Gasteiger partial charge in [0.05, 0.1) is 52.1 Å². The number of nitrogens with zero attached hydrogens (tertiary/aromatic N) is 7. The molecule has 0 bridgehead atoms. The average Bonchev–Trinajstić information content (AvgIpc) is 1.78. The van der Waals surface area contributed by atoms with Crippen LogP contribution >= 0.6 is 0 Å². The van der Waals surface area contributed by atoms with Gasteiger partial charge in [-0.15, -0.1) is 45.0 Å². The SMILES string of the molecule is C#CCN(C)C(C)Cc1ccc(OCC[18F])cc1.C#CCN(C)C([18F])Cc1ccccc1.C#CCN(CC[18F])C(C)Cc1ccccc1.C#CCN(CC[18F])C(C)Cc1ccco1.C#CCN(CC[18F])C1CCCc2ccccc21.C#CCN(CC[18F])C1CCc2ccccc21.C#CCN(C[18F])C(C)Cc1ccccc1. The van der Waals surface area contributed by atoms with Crippen molar-refractivity contribution in [2.75, 3.05) is 133 Å². The Morgan fingerprint density at radius 1 is 0.396 bits per heavy atom. The van der Waals surface area contributed by atoms with E-state index in [-0.39, 0.29) is 51.4 Å². The van der Waals surface area contributed by atoms with E-state index in [4.69, 9.17) is 54.1 Å². The summed E-state index contributed by atoms with van der Waals surface area (Å²) in [6.07, 6.45) is 46.7. The van der Waals surface area contributed by atoms with E-state index in [2.05, 4.69) is 125 Å². The Bertz CT molecular complexity index is 3840. The maximum atomic E-state index is 13.5. The molecule has 7 aromatic rings. The molecule has 7 atom stereocenters. The molecule has 111 heavy (non-hydrogen) atoms. The van der Waals surface area contributed by atoms with Crippen LogP contribution < -0.4 is 4.74 Å². The highest BCUT2D eigenvalue weighted by atomic mass is 18.2. The smallest absolute Gasteiger partial charge is 0.158 e. The Balaban J connectivity index is 0.000000336. The Morgan fingerprint density at radius 3 is 1.23 bits per heavy atom. The number of terminal acetylenes is 7. The number of hydrogen-bond donors (Lipinski definition) is 0. The van der Waals surface area contributed by atoms with E-state index in [1.807, 2.05) is 152 Å². The number of likely N-dealkylation sites (N-methyl/N-ethyl adjacent to an activating group) is 2. The van der Waals surface area contributed by atoms with Crippen molar-refractivity contribution in [1.29, 1.82) is 0 Å². The van der Waals surface area contributed by atoms with Gasteiger partial charge < -0.3 is 9.15 Å². The second-order valence-corrected chi connectivity index (χ2v) is 27.2. The van der Waals surface area contributed by atoms with Gasteiger partial charge in [-0.05, 0) is 162 Å². The fraction of sp³-hybridized carbons (Fsp3) is 0.432. The molecule has 7 unspecified atom stereocenters. The third-order valence-electron chi connectivity index (χ3n) is 19.1. The minimum Gasteiger partial charge on any atom is -0.491 e. The van der Waals surface area contributed by atoms with Crippen LogP contribution in [-0.2, 0) is 44.9 Å². The lowest BCUT2D eigenvalue weighted by atomic mass is 9.87. The first-order valence-electron chi connectivity index (χ1n) is 38.1. The van der Waals surface area contributed by atoms with E-state index in [1.54, 1.807) is 18.2 Å². The lowest BCUT2D eigenvalue weighted by Crippen LogP contribution is -2.36. The van der Waals surface area contributed by atoms with Crippen molar-refractivity contribution in [1.82, 2.24) is 34.3 Å². The number of halogens is 7. The maximum Gasteiger partial charge on any atom is 0.158 e. The normalized spacial score (nSPS) is 14.2. The summed E-state index contributed by atoms with van der Waals surface area (Å²) in [6.45, 7) is 11.1. The Kier molecular flexibility index (Phi) is 51.2. The second-order valence-electron chi connectivity index (χ2n) is 27.2. The number of ether oxygens (including phenoxy) is 1. The van der Waals surface area contributed by atoms with Gasteiger partial charge in [0.15, 0.2) is 6.30 Å². The molecule has 1 aromatic heterocycles. The zero-order valence-electron chi connectivity index (χ0n) is 66.3. The monoisotopic (exact) mass is 1510 g/mol. The number of hydrogen-bond acceptors (Lipinski definition) is 9. The number of rotatable bonds is 36. The standard InChI is InChI=1S/C15H20FNO.C15H18FN.C14H16FN.C14H18FN.C13H16FN.C12H16FNO.C12H14FN/c1-4-10-17(3)13(2)12-14-5-7-15(8-6-14)18-11-9-16;1-2-11-17(12-10-16)15-9-5-7-13-6-3-4-8-14(13)15;1-2-10-16(11-9-15)14-8-7-12-5-3-4-6-13(12)14;1-3-10-16(11-9-15)13(2)12-14-7-5-4-6-8-14;1-3-9-15(11-14)12(2)10-13-7-5-4-6-8-13;1-3-7-14(8-6-13)11(2)10-12-5-4-9-15-12;1-3-9-14(2)12(13)10-11-7-5-4-6-8-11/h1,5-8,13H,9-12H2,2-3H3;1,3-4,6,8,15H,5,7,9-12H2;1,3-6,14H,7-11H2;1,4-8,13H,9-12H2,2H3;1,4-8,12H,9-11H2,2H3;1,4-5,9,11H,6-8,10H2,2H3;1,4-8,12H,9-10H2,2H3/i2*16-1;2*15-1;14-1;2*13-1. The summed E-state index contributed by atoms with van der Waals surface area (Å²) >= 11 is 0.